The lowest BCUT2D eigenvalue weighted by atomic mass is 10.0. The van der Waals surface area contributed by atoms with Crippen LogP contribution in [0.5, 0.6) is 0 Å². The zero-order chi connectivity index (χ0) is 34.2. The lowest BCUT2D eigenvalue weighted by Gasteiger charge is -2.26. The van der Waals surface area contributed by atoms with Crippen molar-refractivity contribution >= 4 is 46.3 Å². The predicted molar refractivity (Wildman–Crippen MR) is 169 cm³/mol. The molecule has 3 aliphatic rings. The second-order valence-electron chi connectivity index (χ2n) is 12.2. The lowest BCUT2D eigenvalue weighted by molar-refractivity contribution is -0.138. The van der Waals surface area contributed by atoms with Crippen molar-refractivity contribution in [1.82, 2.24) is 25.2 Å². The van der Waals surface area contributed by atoms with Gasteiger partial charge in [-0.25, -0.2) is 18.5 Å². The van der Waals surface area contributed by atoms with Crippen molar-refractivity contribution in [2.24, 2.45) is 0 Å². The number of rotatable bonds is 15. The van der Waals surface area contributed by atoms with Gasteiger partial charge < -0.3 is 25.4 Å². The fourth-order valence-electron chi connectivity index (χ4n) is 5.52. The maximum absolute atomic E-state index is 13.1. The molecule has 2 unspecified atom stereocenters. The van der Waals surface area contributed by atoms with Gasteiger partial charge in [-0.1, -0.05) is 43.7 Å². The van der Waals surface area contributed by atoms with Crippen LogP contribution in [0.4, 0.5) is 9.59 Å². The minimum absolute atomic E-state index is 0.111. The summed E-state index contributed by atoms with van der Waals surface area (Å²) >= 11 is 0. The molecule has 0 radical (unpaired) electrons. The molecule has 2 heterocycles. The maximum Gasteiger partial charge on any atom is 0.407 e. The molecule has 0 bridgehead atoms. The van der Waals surface area contributed by atoms with Crippen LogP contribution in [0.2, 0.25) is 0 Å². The van der Waals surface area contributed by atoms with E-state index in [1.165, 1.54) is 9.80 Å². The van der Waals surface area contributed by atoms with Gasteiger partial charge in [-0.15, -0.1) is 0 Å². The van der Waals surface area contributed by atoms with Crippen LogP contribution in [-0.4, -0.2) is 90.6 Å². The summed E-state index contributed by atoms with van der Waals surface area (Å²) in [5.41, 5.74) is 2.09. The number of alkyl carbamates (subject to hydrolysis) is 1. The second kappa shape index (κ2) is 15.6. The minimum Gasteiger partial charge on any atom is -0.465 e. The van der Waals surface area contributed by atoms with Gasteiger partial charge in [0.2, 0.25) is 11.8 Å². The van der Waals surface area contributed by atoms with Gasteiger partial charge in [-0.05, 0) is 68.6 Å². The maximum atomic E-state index is 13.1. The molecular formula is C31H43N5O10S. The monoisotopic (exact) mass is 677 g/mol. The van der Waals surface area contributed by atoms with Crippen LogP contribution in [0, 0.1) is 0 Å². The van der Waals surface area contributed by atoms with Crippen molar-refractivity contribution in [1.29, 1.82) is 0 Å². The standard InChI is InChI=1S/C31H43N5O10S/c1-3-9-24(27(38)34-47(43,44)46-31(2)14-15-31)33-28(39)25-13-8-16-36(25)26(37)18-32-29(40)45-17-6-4-5-10-21-11-7-12-22-19-35(30(41)42)20-23(21)22/h5,7,10-12,24-25H,3-4,6,8-9,13-20H2,1-2H3,(H,32,40)(H,33,39)(H,34,38)(H,41,42). The molecule has 2 aliphatic heterocycles. The third-order valence-electron chi connectivity index (χ3n) is 8.30. The molecule has 1 aromatic carbocycles. The van der Waals surface area contributed by atoms with Crippen LogP contribution in [0.25, 0.3) is 6.08 Å². The van der Waals surface area contributed by atoms with Crippen LogP contribution in [0.15, 0.2) is 24.3 Å². The van der Waals surface area contributed by atoms with Crippen molar-refractivity contribution in [3.05, 3.63) is 41.0 Å². The molecule has 5 amide bonds. The first kappa shape index (κ1) is 35.7. The molecule has 0 aromatic heterocycles. The highest BCUT2D eigenvalue weighted by molar-refractivity contribution is 7.85. The van der Waals surface area contributed by atoms with Gasteiger partial charge in [0.1, 0.15) is 18.6 Å². The SMILES string of the molecule is CCCC(NC(=O)C1CCCN1C(=O)CNC(=O)OCCCC=Cc1cccc2c1CN(C(=O)O)C2)C(=O)NS(=O)(=O)OC1(C)CC1. The smallest absolute Gasteiger partial charge is 0.407 e. The molecule has 47 heavy (non-hydrogen) atoms. The van der Waals surface area contributed by atoms with Crippen LogP contribution in [0.1, 0.15) is 81.9 Å². The number of hydrogen-bond acceptors (Lipinski definition) is 9. The largest absolute Gasteiger partial charge is 0.465 e. The summed E-state index contributed by atoms with van der Waals surface area (Å²) < 4.78 is 36.6. The molecular weight excluding hydrogens is 634 g/mol. The van der Waals surface area contributed by atoms with E-state index in [1.54, 1.807) is 13.8 Å². The van der Waals surface area contributed by atoms with E-state index in [4.69, 9.17) is 8.92 Å². The van der Waals surface area contributed by atoms with E-state index >= 15 is 0 Å². The average molecular weight is 678 g/mol. The quantitative estimate of drug-likeness (QED) is 0.200. The molecule has 1 saturated heterocycles. The summed E-state index contributed by atoms with van der Waals surface area (Å²) in [4.78, 5) is 64.9. The van der Waals surface area contributed by atoms with Crippen molar-refractivity contribution in [2.75, 3.05) is 19.7 Å². The number of benzene rings is 1. The molecule has 2 fully saturated rings. The Kier molecular flexibility index (Phi) is 11.8. The Morgan fingerprint density at radius 1 is 1.17 bits per heavy atom. The number of allylic oxidation sites excluding steroid dienone is 1. The average Bonchev–Trinajstić information content (AvgIpc) is 3.38. The Labute approximate surface area is 274 Å². The van der Waals surface area contributed by atoms with E-state index < -0.39 is 57.9 Å². The van der Waals surface area contributed by atoms with Crippen molar-refractivity contribution < 1.29 is 46.4 Å². The highest BCUT2D eigenvalue weighted by Gasteiger charge is 2.44. The predicted octanol–water partition coefficient (Wildman–Crippen LogP) is 2.41. The van der Waals surface area contributed by atoms with Crippen molar-refractivity contribution in [2.45, 2.75) is 96.0 Å². The first-order valence-electron chi connectivity index (χ1n) is 15.8. The first-order valence-corrected chi connectivity index (χ1v) is 17.2. The van der Waals surface area contributed by atoms with Gasteiger partial charge in [0, 0.05) is 13.1 Å². The van der Waals surface area contributed by atoms with Gasteiger partial charge >= 0.3 is 22.5 Å². The summed E-state index contributed by atoms with van der Waals surface area (Å²) in [6, 6.07) is 3.71. The highest BCUT2D eigenvalue weighted by Crippen LogP contribution is 2.39. The number of hydrogen-bond donors (Lipinski definition) is 4. The highest BCUT2D eigenvalue weighted by atomic mass is 32.2. The number of carbonyl (C=O) groups excluding carboxylic acids is 4. The van der Waals surface area contributed by atoms with E-state index in [9.17, 15) is 37.5 Å². The third-order valence-corrected chi connectivity index (χ3v) is 9.37. The molecule has 15 nitrogen and oxygen atoms in total. The van der Waals surface area contributed by atoms with Crippen LogP contribution in [-0.2, 0) is 46.7 Å². The fraction of sp³-hybridized carbons (Fsp3) is 0.581. The Morgan fingerprint density at radius 2 is 1.94 bits per heavy atom. The van der Waals surface area contributed by atoms with Gasteiger partial charge in [0.15, 0.2) is 0 Å². The number of nitrogens with one attached hydrogen (secondary N) is 3. The Morgan fingerprint density at radius 3 is 2.64 bits per heavy atom. The number of unbranched alkanes of at least 4 members (excludes halogenated alkanes) is 1. The molecule has 258 valence electrons. The van der Waals surface area contributed by atoms with E-state index in [0.717, 1.165) is 16.7 Å². The zero-order valence-corrected chi connectivity index (χ0v) is 27.5. The second-order valence-corrected chi connectivity index (χ2v) is 13.5. The summed E-state index contributed by atoms with van der Waals surface area (Å²) in [5.74, 6) is -2.01. The molecule has 0 spiro atoms. The Bertz CT molecular complexity index is 1490. The lowest BCUT2D eigenvalue weighted by Crippen LogP contribution is -2.54. The number of carboxylic acid groups (broad SMARTS) is 1. The molecule has 1 aromatic rings. The van der Waals surface area contributed by atoms with E-state index in [0.29, 0.717) is 58.0 Å². The van der Waals surface area contributed by atoms with Crippen LogP contribution >= 0.6 is 0 Å². The summed E-state index contributed by atoms with van der Waals surface area (Å²) in [6.45, 7) is 4.12. The molecule has 4 rings (SSSR count). The summed E-state index contributed by atoms with van der Waals surface area (Å²) in [5, 5.41) is 14.2. The van der Waals surface area contributed by atoms with Crippen molar-refractivity contribution in [3.8, 4) is 0 Å². The molecule has 4 N–H and O–H groups in total. The number of fused-ring (bicyclic) bond motifs is 1. The normalized spacial score (nSPS) is 18.8. The third kappa shape index (κ3) is 10.2. The van der Waals surface area contributed by atoms with Crippen molar-refractivity contribution in [3.63, 3.8) is 0 Å². The minimum atomic E-state index is -4.35. The number of likely N-dealkylation sites (tertiary alicyclic amines) is 1. The number of ether oxygens (including phenoxy) is 1. The topological polar surface area (TPSA) is 201 Å². The summed E-state index contributed by atoms with van der Waals surface area (Å²) in [7, 11) is -4.35. The van der Waals surface area contributed by atoms with Crippen LogP contribution < -0.4 is 15.4 Å². The molecule has 16 heteroatoms. The van der Waals surface area contributed by atoms with E-state index in [1.807, 2.05) is 35.1 Å². The van der Waals surface area contributed by atoms with Gasteiger partial charge in [-0.3, -0.25) is 19.3 Å². The van der Waals surface area contributed by atoms with Crippen LogP contribution in [0.3, 0.4) is 0 Å². The first-order chi connectivity index (χ1) is 22.3. The number of carbonyl (C=O) groups is 5. The summed E-state index contributed by atoms with van der Waals surface area (Å²) in [6.07, 6.45) is 5.92. The number of amides is 5. The Balaban J connectivity index is 1.17. The van der Waals surface area contributed by atoms with Gasteiger partial charge in [0.05, 0.1) is 18.8 Å². The molecule has 1 saturated carbocycles. The zero-order valence-electron chi connectivity index (χ0n) is 26.7. The number of nitrogens with zero attached hydrogens (tertiary/aromatic N) is 2. The van der Waals surface area contributed by atoms with E-state index in [2.05, 4.69) is 10.6 Å². The fourth-order valence-corrected chi connectivity index (χ4v) is 6.65. The van der Waals surface area contributed by atoms with Gasteiger partial charge in [-0.2, -0.15) is 8.42 Å². The van der Waals surface area contributed by atoms with E-state index in [-0.39, 0.29) is 26.1 Å². The molecule has 2 atom stereocenters. The Hall–Kier alpha value is -4.18. The van der Waals surface area contributed by atoms with Gasteiger partial charge in [0.25, 0.3) is 5.91 Å². The molecule has 1 aliphatic carbocycles.